The summed E-state index contributed by atoms with van der Waals surface area (Å²) in [6, 6.07) is 13.2. The predicted molar refractivity (Wildman–Crippen MR) is 110 cm³/mol. The average Bonchev–Trinajstić information content (AvgIpc) is 3.15. The van der Waals surface area contributed by atoms with Gasteiger partial charge in [-0.15, -0.1) is 11.3 Å². The van der Waals surface area contributed by atoms with Crippen molar-refractivity contribution in [3.63, 3.8) is 0 Å². The van der Waals surface area contributed by atoms with Gasteiger partial charge in [0.15, 0.2) is 5.96 Å². The second-order valence-corrected chi connectivity index (χ2v) is 9.65. The molecule has 0 fully saturated rings. The van der Waals surface area contributed by atoms with Crippen LogP contribution in [0.2, 0.25) is 0 Å². The number of aliphatic imine (C=N–C) groups is 1. The van der Waals surface area contributed by atoms with Gasteiger partial charge in [0, 0.05) is 38.5 Å². The third-order valence-electron chi connectivity index (χ3n) is 4.03. The molecular weight excluding hydrogens is 384 g/mol. The van der Waals surface area contributed by atoms with Crippen molar-refractivity contribution in [2.45, 2.75) is 16.7 Å². The molecule has 0 spiro atoms. The van der Waals surface area contributed by atoms with Gasteiger partial charge in [-0.3, -0.25) is 4.99 Å². The fourth-order valence-corrected chi connectivity index (χ4v) is 4.86. The summed E-state index contributed by atoms with van der Waals surface area (Å²) in [7, 11) is 1.30. The van der Waals surface area contributed by atoms with E-state index in [-0.39, 0.29) is 12.5 Å². The Bertz CT molecular complexity index is 849. The standard InChI is InChI=1S/C18H26N4O3S2/c1-19-18(20-11-15(13-23)14-7-5-4-6-8-14)21-12-16-9-10-17(26-16)27(24,25)22(2)3/h4-10,15,23H,11-13H2,1-3H3,(H2,19,20,21). The molecule has 0 aliphatic heterocycles. The molecule has 1 aromatic heterocycles. The number of nitrogens with zero attached hydrogens (tertiary/aromatic N) is 2. The van der Waals surface area contributed by atoms with Gasteiger partial charge in [-0.25, -0.2) is 12.7 Å². The minimum atomic E-state index is -3.41. The summed E-state index contributed by atoms with van der Waals surface area (Å²) >= 11 is 1.23. The molecule has 0 aliphatic carbocycles. The highest BCUT2D eigenvalue weighted by Gasteiger charge is 2.19. The number of aliphatic hydroxyl groups excluding tert-OH is 1. The molecule has 148 valence electrons. The minimum absolute atomic E-state index is 0.0324. The first kappa shape index (κ1) is 21.4. The summed E-state index contributed by atoms with van der Waals surface area (Å²) in [5.41, 5.74) is 1.06. The van der Waals surface area contributed by atoms with Crippen molar-refractivity contribution in [1.29, 1.82) is 0 Å². The Hall–Kier alpha value is -1.94. The number of hydrogen-bond acceptors (Lipinski definition) is 5. The van der Waals surface area contributed by atoms with Crippen LogP contribution in [0.1, 0.15) is 16.4 Å². The monoisotopic (exact) mass is 410 g/mol. The second-order valence-electron chi connectivity index (χ2n) is 6.11. The molecule has 1 unspecified atom stereocenters. The lowest BCUT2D eigenvalue weighted by molar-refractivity contribution is 0.265. The van der Waals surface area contributed by atoms with Crippen molar-refractivity contribution in [3.8, 4) is 0 Å². The van der Waals surface area contributed by atoms with Crippen molar-refractivity contribution < 1.29 is 13.5 Å². The van der Waals surface area contributed by atoms with Crippen LogP contribution in [0, 0.1) is 0 Å². The Kier molecular flexibility index (Phi) is 7.78. The van der Waals surface area contributed by atoms with Crippen molar-refractivity contribution >= 4 is 27.3 Å². The molecule has 0 saturated carbocycles. The van der Waals surface area contributed by atoms with Crippen molar-refractivity contribution in [1.82, 2.24) is 14.9 Å². The highest BCUT2D eigenvalue weighted by atomic mass is 32.2. The summed E-state index contributed by atoms with van der Waals surface area (Å²) in [6.07, 6.45) is 0. The van der Waals surface area contributed by atoms with Gasteiger partial charge in [0.25, 0.3) is 10.0 Å². The molecule has 0 aliphatic rings. The Morgan fingerprint density at radius 1 is 1.19 bits per heavy atom. The first-order chi connectivity index (χ1) is 12.9. The van der Waals surface area contributed by atoms with Gasteiger partial charge in [-0.2, -0.15) is 0 Å². The zero-order chi connectivity index (χ0) is 19.9. The van der Waals surface area contributed by atoms with Crippen LogP contribution < -0.4 is 10.6 Å². The molecule has 7 nitrogen and oxygen atoms in total. The minimum Gasteiger partial charge on any atom is -0.396 e. The van der Waals surface area contributed by atoms with Crippen LogP contribution in [0.25, 0.3) is 0 Å². The van der Waals surface area contributed by atoms with Gasteiger partial charge in [-0.05, 0) is 17.7 Å². The van der Waals surface area contributed by atoms with Crippen molar-refractivity contribution in [2.75, 3.05) is 34.3 Å². The highest BCUT2D eigenvalue weighted by Crippen LogP contribution is 2.23. The topological polar surface area (TPSA) is 94.0 Å². The van der Waals surface area contributed by atoms with E-state index in [9.17, 15) is 13.5 Å². The van der Waals surface area contributed by atoms with Crippen LogP contribution >= 0.6 is 11.3 Å². The zero-order valence-electron chi connectivity index (χ0n) is 15.7. The van der Waals surface area contributed by atoms with E-state index in [0.717, 1.165) is 10.4 Å². The molecule has 1 aromatic carbocycles. The molecule has 9 heteroatoms. The molecule has 0 saturated heterocycles. The number of thiophene rings is 1. The summed E-state index contributed by atoms with van der Waals surface area (Å²) < 4.78 is 25.8. The summed E-state index contributed by atoms with van der Waals surface area (Å²) in [6.45, 7) is 1.03. The van der Waals surface area contributed by atoms with Gasteiger partial charge < -0.3 is 15.7 Å². The zero-order valence-corrected chi connectivity index (χ0v) is 17.3. The molecule has 0 amide bonds. The van der Waals surface area contributed by atoms with Gasteiger partial charge in [0.1, 0.15) is 4.21 Å². The SMILES string of the molecule is CN=C(NCc1ccc(S(=O)(=O)N(C)C)s1)NCC(CO)c1ccccc1. The third kappa shape index (κ3) is 5.77. The number of sulfonamides is 1. The number of guanidine groups is 1. The van der Waals surface area contributed by atoms with E-state index < -0.39 is 10.0 Å². The Balaban J connectivity index is 1.92. The van der Waals surface area contributed by atoms with Crippen LogP contribution in [-0.4, -0.2) is 58.1 Å². The van der Waals surface area contributed by atoms with E-state index in [2.05, 4.69) is 15.6 Å². The fourth-order valence-electron chi connectivity index (χ4n) is 2.40. The number of nitrogens with one attached hydrogen (secondary N) is 2. The first-order valence-corrected chi connectivity index (χ1v) is 10.8. The molecule has 2 rings (SSSR count). The van der Waals surface area contributed by atoms with Gasteiger partial charge in [-0.1, -0.05) is 30.3 Å². The van der Waals surface area contributed by atoms with Gasteiger partial charge in [0.2, 0.25) is 0 Å². The maximum absolute atomic E-state index is 12.1. The molecule has 2 aromatic rings. The average molecular weight is 411 g/mol. The first-order valence-electron chi connectivity index (χ1n) is 8.50. The van der Waals surface area contributed by atoms with Crippen LogP contribution in [0.4, 0.5) is 0 Å². The smallest absolute Gasteiger partial charge is 0.252 e. The summed E-state index contributed by atoms with van der Waals surface area (Å²) in [5.74, 6) is 0.554. The lowest BCUT2D eigenvalue weighted by Gasteiger charge is -2.18. The van der Waals surface area contributed by atoms with E-state index in [0.29, 0.717) is 23.3 Å². The maximum Gasteiger partial charge on any atom is 0.252 e. The molecule has 1 atom stereocenters. The predicted octanol–water partition coefficient (Wildman–Crippen LogP) is 1.44. The number of aliphatic hydroxyl groups is 1. The fraction of sp³-hybridized carbons (Fsp3) is 0.389. The molecular formula is C18H26N4O3S2. The van der Waals surface area contributed by atoms with Crippen LogP contribution in [0.3, 0.4) is 0 Å². The van der Waals surface area contributed by atoms with E-state index in [1.165, 1.54) is 29.7 Å². The lowest BCUT2D eigenvalue weighted by atomic mass is 10.0. The summed E-state index contributed by atoms with van der Waals surface area (Å²) in [4.78, 5) is 5.07. The van der Waals surface area contributed by atoms with Gasteiger partial charge >= 0.3 is 0 Å². The molecule has 0 bridgehead atoms. The molecule has 3 N–H and O–H groups in total. The number of hydrogen-bond donors (Lipinski definition) is 3. The Morgan fingerprint density at radius 2 is 1.89 bits per heavy atom. The summed E-state index contributed by atoms with van der Waals surface area (Å²) in [5, 5.41) is 16.0. The molecule has 27 heavy (non-hydrogen) atoms. The van der Waals surface area contributed by atoms with Crippen molar-refractivity contribution in [3.05, 3.63) is 52.9 Å². The largest absolute Gasteiger partial charge is 0.396 e. The van der Waals surface area contributed by atoms with E-state index in [4.69, 9.17) is 0 Å². The normalized spacial score (nSPS) is 13.6. The Labute approximate surface area is 164 Å². The van der Waals surface area contributed by atoms with E-state index in [1.54, 1.807) is 19.2 Å². The second kappa shape index (κ2) is 9.84. The van der Waals surface area contributed by atoms with E-state index >= 15 is 0 Å². The van der Waals surface area contributed by atoms with Crippen LogP contribution in [0.15, 0.2) is 51.7 Å². The number of benzene rings is 1. The van der Waals surface area contributed by atoms with Crippen LogP contribution in [-0.2, 0) is 16.6 Å². The number of rotatable bonds is 8. The van der Waals surface area contributed by atoms with Crippen molar-refractivity contribution in [2.24, 2.45) is 4.99 Å². The highest BCUT2D eigenvalue weighted by molar-refractivity contribution is 7.91. The third-order valence-corrected chi connectivity index (χ3v) is 7.40. The molecule has 0 radical (unpaired) electrons. The van der Waals surface area contributed by atoms with Gasteiger partial charge in [0.05, 0.1) is 13.2 Å². The maximum atomic E-state index is 12.1. The molecule has 1 heterocycles. The van der Waals surface area contributed by atoms with E-state index in [1.807, 2.05) is 30.3 Å². The lowest BCUT2D eigenvalue weighted by Crippen LogP contribution is -2.39. The quantitative estimate of drug-likeness (QED) is 0.452. The van der Waals surface area contributed by atoms with Crippen LogP contribution in [0.5, 0.6) is 0 Å². The Morgan fingerprint density at radius 3 is 2.48 bits per heavy atom.